The Kier molecular flexibility index (Phi) is 3.91. The van der Waals surface area contributed by atoms with Crippen molar-refractivity contribution in [3.05, 3.63) is 23.8 Å². The smallest absolute Gasteiger partial charge is 0.328 e. The third kappa shape index (κ3) is 2.48. The third-order valence-corrected chi connectivity index (χ3v) is 3.36. The molecule has 100 valence electrons. The summed E-state index contributed by atoms with van der Waals surface area (Å²) in [7, 11) is 2.96. The Morgan fingerprint density at radius 3 is 2.89 bits per heavy atom. The minimum absolute atomic E-state index is 0.260. The number of carbonyl (C=O) groups is 1. The van der Waals surface area contributed by atoms with E-state index in [1.54, 1.807) is 25.3 Å². The zero-order valence-corrected chi connectivity index (χ0v) is 11.0. The predicted octanol–water partition coefficient (Wildman–Crippen LogP) is 1.71. The largest absolute Gasteiger partial charge is 0.497 e. The van der Waals surface area contributed by atoms with Gasteiger partial charge < -0.3 is 14.4 Å². The Hall–Kier alpha value is -2.22. The second-order valence-corrected chi connectivity index (χ2v) is 4.37. The van der Waals surface area contributed by atoms with Crippen LogP contribution in [0.1, 0.15) is 18.4 Å². The van der Waals surface area contributed by atoms with Crippen LogP contribution in [0, 0.1) is 11.3 Å². The molecule has 0 amide bonds. The Labute approximate surface area is 112 Å². The molecule has 1 aromatic carbocycles. The number of hydrogen-bond acceptors (Lipinski definition) is 5. The van der Waals surface area contributed by atoms with Gasteiger partial charge in [-0.15, -0.1) is 0 Å². The molecule has 2 rings (SSSR count). The second kappa shape index (κ2) is 5.61. The fourth-order valence-electron chi connectivity index (χ4n) is 2.41. The maximum absolute atomic E-state index is 11.8. The Balaban J connectivity index is 2.39. The van der Waals surface area contributed by atoms with E-state index in [4.69, 9.17) is 9.47 Å². The van der Waals surface area contributed by atoms with Crippen LogP contribution in [0.15, 0.2) is 18.2 Å². The van der Waals surface area contributed by atoms with Crippen molar-refractivity contribution in [3.63, 3.8) is 0 Å². The van der Waals surface area contributed by atoms with Gasteiger partial charge in [0.15, 0.2) is 0 Å². The summed E-state index contributed by atoms with van der Waals surface area (Å²) in [6.45, 7) is 0.738. The van der Waals surface area contributed by atoms with Crippen LogP contribution >= 0.6 is 0 Å². The molecule has 1 atom stereocenters. The molecule has 1 aliphatic rings. The lowest BCUT2D eigenvalue weighted by Crippen LogP contribution is -2.37. The van der Waals surface area contributed by atoms with Crippen molar-refractivity contribution < 1.29 is 14.3 Å². The lowest BCUT2D eigenvalue weighted by atomic mass is 10.1. The first-order valence-corrected chi connectivity index (χ1v) is 6.14. The molecule has 5 nitrogen and oxygen atoms in total. The van der Waals surface area contributed by atoms with Gasteiger partial charge in [-0.05, 0) is 25.0 Å². The highest BCUT2D eigenvalue weighted by Gasteiger charge is 2.33. The van der Waals surface area contributed by atoms with Gasteiger partial charge in [0, 0.05) is 12.6 Å². The Morgan fingerprint density at radius 2 is 2.26 bits per heavy atom. The monoisotopic (exact) mass is 260 g/mol. The van der Waals surface area contributed by atoms with E-state index in [0.717, 1.165) is 25.1 Å². The van der Waals surface area contributed by atoms with Crippen molar-refractivity contribution in [3.8, 4) is 11.8 Å². The molecule has 0 saturated carbocycles. The number of nitrogens with zero attached hydrogens (tertiary/aromatic N) is 2. The van der Waals surface area contributed by atoms with Crippen LogP contribution < -0.4 is 9.64 Å². The van der Waals surface area contributed by atoms with Gasteiger partial charge in [-0.2, -0.15) is 5.26 Å². The number of carbonyl (C=O) groups excluding carboxylic acids is 1. The van der Waals surface area contributed by atoms with Gasteiger partial charge in [0.25, 0.3) is 0 Å². The summed E-state index contributed by atoms with van der Waals surface area (Å²) >= 11 is 0. The normalized spacial score (nSPS) is 17.9. The maximum Gasteiger partial charge on any atom is 0.328 e. The number of ether oxygens (including phenoxy) is 2. The first-order valence-electron chi connectivity index (χ1n) is 6.14. The van der Waals surface area contributed by atoms with E-state index in [9.17, 15) is 10.1 Å². The van der Waals surface area contributed by atoms with Gasteiger partial charge in [-0.1, -0.05) is 0 Å². The number of hydrogen-bond donors (Lipinski definition) is 0. The molecule has 1 unspecified atom stereocenters. The van der Waals surface area contributed by atoms with E-state index >= 15 is 0 Å². The van der Waals surface area contributed by atoms with E-state index in [1.165, 1.54) is 7.11 Å². The van der Waals surface area contributed by atoms with E-state index in [-0.39, 0.29) is 12.0 Å². The van der Waals surface area contributed by atoms with Crippen LogP contribution in [0.5, 0.6) is 5.75 Å². The molecule has 0 radical (unpaired) electrons. The van der Waals surface area contributed by atoms with Crippen LogP contribution in [-0.4, -0.2) is 32.8 Å². The highest BCUT2D eigenvalue weighted by Crippen LogP contribution is 2.32. The molecule has 0 aliphatic carbocycles. The summed E-state index contributed by atoms with van der Waals surface area (Å²) < 4.78 is 10.0. The van der Waals surface area contributed by atoms with Gasteiger partial charge in [0.2, 0.25) is 0 Å². The standard InChI is InChI=1S/C14H16N2O3/c1-18-11-6-5-10(9-15)13(8-11)16-7-3-4-12(16)14(17)19-2/h5-6,8,12H,3-4,7H2,1-2H3. The van der Waals surface area contributed by atoms with E-state index < -0.39 is 0 Å². The number of anilines is 1. The summed E-state index contributed by atoms with van der Waals surface area (Å²) in [5, 5.41) is 9.19. The van der Waals surface area contributed by atoms with E-state index in [1.807, 2.05) is 4.90 Å². The van der Waals surface area contributed by atoms with Crippen molar-refractivity contribution >= 4 is 11.7 Å². The number of benzene rings is 1. The first-order chi connectivity index (χ1) is 9.21. The molecular weight excluding hydrogens is 244 g/mol. The molecular formula is C14H16N2O3. The van der Waals surface area contributed by atoms with Crippen LogP contribution in [0.2, 0.25) is 0 Å². The Morgan fingerprint density at radius 1 is 1.47 bits per heavy atom. The molecule has 5 heteroatoms. The van der Waals surface area contributed by atoms with Crippen LogP contribution in [0.3, 0.4) is 0 Å². The summed E-state index contributed by atoms with van der Waals surface area (Å²) in [6, 6.07) is 7.08. The summed E-state index contributed by atoms with van der Waals surface area (Å²) in [4.78, 5) is 13.7. The average molecular weight is 260 g/mol. The lowest BCUT2D eigenvalue weighted by molar-refractivity contribution is -0.141. The molecule has 0 aromatic heterocycles. The van der Waals surface area contributed by atoms with E-state index in [2.05, 4.69) is 6.07 Å². The first kappa shape index (κ1) is 13.2. The van der Waals surface area contributed by atoms with Crippen molar-refractivity contribution in [1.82, 2.24) is 0 Å². The van der Waals surface area contributed by atoms with Crippen LogP contribution in [0.25, 0.3) is 0 Å². The van der Waals surface area contributed by atoms with Crippen molar-refractivity contribution in [2.45, 2.75) is 18.9 Å². The fourth-order valence-corrected chi connectivity index (χ4v) is 2.41. The highest BCUT2D eigenvalue weighted by molar-refractivity contribution is 5.82. The highest BCUT2D eigenvalue weighted by atomic mass is 16.5. The zero-order valence-electron chi connectivity index (χ0n) is 11.0. The van der Waals surface area contributed by atoms with Gasteiger partial charge in [-0.3, -0.25) is 0 Å². The number of methoxy groups -OCH3 is 2. The lowest BCUT2D eigenvalue weighted by Gasteiger charge is -2.26. The van der Waals surface area contributed by atoms with Crippen molar-refractivity contribution in [2.24, 2.45) is 0 Å². The van der Waals surface area contributed by atoms with Crippen LogP contribution in [-0.2, 0) is 9.53 Å². The molecule has 1 fully saturated rings. The molecule has 1 saturated heterocycles. The third-order valence-electron chi connectivity index (χ3n) is 3.36. The molecule has 19 heavy (non-hydrogen) atoms. The quantitative estimate of drug-likeness (QED) is 0.774. The van der Waals surface area contributed by atoms with Crippen LogP contribution in [0.4, 0.5) is 5.69 Å². The summed E-state index contributed by atoms with van der Waals surface area (Å²) in [6.07, 6.45) is 1.65. The number of nitriles is 1. The number of esters is 1. The topological polar surface area (TPSA) is 62.6 Å². The van der Waals surface area contributed by atoms with Crippen molar-refractivity contribution in [1.29, 1.82) is 5.26 Å². The predicted molar refractivity (Wildman–Crippen MR) is 70.1 cm³/mol. The molecule has 0 spiro atoms. The van der Waals surface area contributed by atoms with Gasteiger partial charge in [-0.25, -0.2) is 4.79 Å². The average Bonchev–Trinajstić information content (AvgIpc) is 2.94. The molecule has 1 heterocycles. The summed E-state index contributed by atoms with van der Waals surface area (Å²) in [5.41, 5.74) is 1.27. The summed E-state index contributed by atoms with van der Waals surface area (Å²) in [5.74, 6) is 0.411. The fraction of sp³-hybridized carbons (Fsp3) is 0.429. The van der Waals surface area contributed by atoms with Crippen molar-refractivity contribution in [2.75, 3.05) is 25.7 Å². The van der Waals surface area contributed by atoms with Gasteiger partial charge in [0.1, 0.15) is 17.9 Å². The SMILES string of the molecule is COC(=O)C1CCCN1c1cc(OC)ccc1C#N. The molecule has 1 aliphatic heterocycles. The van der Waals surface area contributed by atoms with Gasteiger partial charge in [0.05, 0.1) is 25.5 Å². The minimum atomic E-state index is -0.316. The van der Waals surface area contributed by atoms with Gasteiger partial charge >= 0.3 is 5.97 Å². The Bertz CT molecular complexity index is 522. The zero-order chi connectivity index (χ0) is 13.8. The second-order valence-electron chi connectivity index (χ2n) is 4.37. The van der Waals surface area contributed by atoms with E-state index in [0.29, 0.717) is 11.3 Å². The maximum atomic E-state index is 11.8. The minimum Gasteiger partial charge on any atom is -0.497 e. The molecule has 0 N–H and O–H groups in total. The molecule has 1 aromatic rings. The number of rotatable bonds is 3. The molecule has 0 bridgehead atoms.